The molecule has 1 atom stereocenters. The van der Waals surface area contributed by atoms with E-state index in [9.17, 15) is 9.59 Å². The number of rotatable bonds is 2. The molecule has 0 aliphatic carbocycles. The van der Waals surface area contributed by atoms with Crippen molar-refractivity contribution in [1.29, 1.82) is 0 Å². The number of nitrogens with zero attached hydrogens (tertiary/aromatic N) is 3. The van der Waals surface area contributed by atoms with Crippen molar-refractivity contribution in [1.82, 2.24) is 20.0 Å². The molecule has 2 aromatic carbocycles. The summed E-state index contributed by atoms with van der Waals surface area (Å²) in [6.07, 6.45) is 0. The number of H-pyrrole nitrogens is 1. The van der Waals surface area contributed by atoms with Gasteiger partial charge in [0.15, 0.2) is 5.69 Å². The van der Waals surface area contributed by atoms with E-state index in [0.717, 1.165) is 16.5 Å². The van der Waals surface area contributed by atoms with E-state index in [4.69, 9.17) is 0 Å². The summed E-state index contributed by atoms with van der Waals surface area (Å²) in [7, 11) is 0. The van der Waals surface area contributed by atoms with Gasteiger partial charge in [-0.1, -0.05) is 48.5 Å². The molecule has 0 unspecified atom stereocenters. The number of fused-ring (bicyclic) bond motifs is 1. The van der Waals surface area contributed by atoms with Gasteiger partial charge >= 0.3 is 0 Å². The molecular weight excluding hydrogens is 328 g/mol. The molecule has 2 heterocycles. The van der Waals surface area contributed by atoms with E-state index < -0.39 is 0 Å². The van der Waals surface area contributed by atoms with Gasteiger partial charge in [-0.3, -0.25) is 14.7 Å². The smallest absolute Gasteiger partial charge is 0.275 e. The van der Waals surface area contributed by atoms with Gasteiger partial charge in [-0.05, 0) is 11.6 Å². The molecule has 1 aliphatic rings. The number of nitrogens with one attached hydrogen (secondary N) is 1. The van der Waals surface area contributed by atoms with Crippen molar-refractivity contribution in [2.45, 2.75) is 13.0 Å². The van der Waals surface area contributed by atoms with E-state index in [2.05, 4.69) is 10.2 Å². The summed E-state index contributed by atoms with van der Waals surface area (Å²) in [5, 5.41) is 7.96. The summed E-state index contributed by atoms with van der Waals surface area (Å²) < 4.78 is 0. The van der Waals surface area contributed by atoms with Gasteiger partial charge in [0.05, 0.1) is 11.6 Å². The van der Waals surface area contributed by atoms with Crippen molar-refractivity contribution in [3.63, 3.8) is 0 Å². The Bertz CT molecular complexity index is 951. The number of hydrogen-bond acceptors (Lipinski definition) is 3. The molecule has 0 radical (unpaired) electrons. The van der Waals surface area contributed by atoms with Crippen LogP contribution in [0.4, 0.5) is 0 Å². The molecule has 6 heteroatoms. The molecule has 1 saturated heterocycles. The number of para-hydroxylation sites is 1. The third kappa shape index (κ3) is 2.83. The number of piperazine rings is 1. The zero-order chi connectivity index (χ0) is 18.1. The maximum atomic E-state index is 13.1. The van der Waals surface area contributed by atoms with E-state index in [1.165, 1.54) is 0 Å². The van der Waals surface area contributed by atoms with Gasteiger partial charge in [0.25, 0.3) is 5.91 Å². The van der Waals surface area contributed by atoms with E-state index in [-0.39, 0.29) is 17.9 Å². The first-order chi connectivity index (χ1) is 12.6. The van der Waals surface area contributed by atoms with E-state index >= 15 is 0 Å². The third-order valence-corrected chi connectivity index (χ3v) is 4.93. The summed E-state index contributed by atoms with van der Waals surface area (Å²) in [5.41, 5.74) is 2.31. The van der Waals surface area contributed by atoms with Crippen LogP contribution in [0, 0.1) is 0 Å². The molecule has 0 spiro atoms. The standard InChI is InChI=1S/C20H20N4O2/c1-14(25)24-12-11-23(13-18(24)15-7-3-2-4-8-15)20(26)19-16-9-5-6-10-17(16)21-22-19/h2-10,18H,11-13H2,1H3,(H,21,22)/t18-/m1/s1. The summed E-state index contributed by atoms with van der Waals surface area (Å²) >= 11 is 0. The minimum absolute atomic E-state index is 0.0242. The van der Waals surface area contributed by atoms with E-state index in [0.29, 0.717) is 25.3 Å². The second-order valence-electron chi connectivity index (χ2n) is 6.51. The second-order valence-corrected chi connectivity index (χ2v) is 6.51. The minimum atomic E-state index is -0.142. The zero-order valence-electron chi connectivity index (χ0n) is 14.6. The van der Waals surface area contributed by atoms with Crippen molar-refractivity contribution in [3.05, 3.63) is 65.9 Å². The topological polar surface area (TPSA) is 69.3 Å². The molecule has 6 nitrogen and oxygen atoms in total. The van der Waals surface area contributed by atoms with Crippen LogP contribution in [0.15, 0.2) is 54.6 Å². The monoisotopic (exact) mass is 348 g/mol. The number of carbonyl (C=O) groups excluding carboxylic acids is 2. The van der Waals surface area contributed by atoms with Crippen LogP contribution in [0.5, 0.6) is 0 Å². The minimum Gasteiger partial charge on any atom is -0.333 e. The highest BCUT2D eigenvalue weighted by Gasteiger charge is 2.33. The SMILES string of the molecule is CC(=O)N1CCN(C(=O)c2n[nH]c3ccccc23)C[C@@H]1c1ccccc1. The Labute approximate surface area is 151 Å². The Morgan fingerprint density at radius 3 is 2.54 bits per heavy atom. The molecule has 1 N–H and O–H groups in total. The molecule has 1 aromatic heterocycles. The normalized spacial score (nSPS) is 17.5. The highest BCUT2D eigenvalue weighted by molar-refractivity contribution is 6.04. The van der Waals surface area contributed by atoms with Crippen molar-refractivity contribution in [2.75, 3.05) is 19.6 Å². The van der Waals surface area contributed by atoms with Crippen LogP contribution in [-0.4, -0.2) is 51.4 Å². The lowest BCUT2D eigenvalue weighted by atomic mass is 10.0. The van der Waals surface area contributed by atoms with Crippen LogP contribution in [0.2, 0.25) is 0 Å². The molecule has 1 fully saturated rings. The molecular formula is C20H20N4O2. The van der Waals surface area contributed by atoms with Crippen LogP contribution >= 0.6 is 0 Å². The Hall–Kier alpha value is -3.15. The molecule has 3 aromatic rings. The van der Waals surface area contributed by atoms with Crippen LogP contribution in [0.1, 0.15) is 29.0 Å². The summed E-state index contributed by atoms with van der Waals surface area (Å²) in [4.78, 5) is 28.8. The number of benzene rings is 2. The average Bonchev–Trinajstić information content (AvgIpc) is 3.11. The van der Waals surface area contributed by atoms with E-state index in [1.807, 2.05) is 59.5 Å². The van der Waals surface area contributed by atoms with E-state index in [1.54, 1.807) is 11.8 Å². The lowest BCUT2D eigenvalue weighted by Gasteiger charge is -2.41. The van der Waals surface area contributed by atoms with Gasteiger partial charge in [-0.2, -0.15) is 5.10 Å². The maximum Gasteiger partial charge on any atom is 0.275 e. The van der Waals surface area contributed by atoms with Gasteiger partial charge in [-0.25, -0.2) is 0 Å². The number of hydrogen-bond donors (Lipinski definition) is 1. The number of aromatic nitrogens is 2. The lowest BCUT2D eigenvalue weighted by molar-refractivity contribution is -0.133. The predicted molar refractivity (Wildman–Crippen MR) is 98.6 cm³/mol. The Balaban J connectivity index is 1.64. The Kier molecular flexibility index (Phi) is 4.16. The zero-order valence-corrected chi connectivity index (χ0v) is 14.6. The molecule has 0 bridgehead atoms. The highest BCUT2D eigenvalue weighted by Crippen LogP contribution is 2.27. The summed E-state index contributed by atoms with van der Waals surface area (Å²) in [5.74, 6) is -0.0808. The number of amides is 2. The van der Waals surface area contributed by atoms with Crippen LogP contribution in [-0.2, 0) is 4.79 Å². The predicted octanol–water partition coefficient (Wildman–Crippen LogP) is 2.61. The highest BCUT2D eigenvalue weighted by atomic mass is 16.2. The average molecular weight is 348 g/mol. The third-order valence-electron chi connectivity index (χ3n) is 4.93. The first-order valence-corrected chi connectivity index (χ1v) is 8.69. The number of aromatic amines is 1. The molecule has 1 aliphatic heterocycles. The van der Waals surface area contributed by atoms with Gasteiger partial charge in [0.2, 0.25) is 5.91 Å². The van der Waals surface area contributed by atoms with Crippen LogP contribution < -0.4 is 0 Å². The fourth-order valence-electron chi connectivity index (χ4n) is 3.58. The van der Waals surface area contributed by atoms with Gasteiger partial charge < -0.3 is 9.80 Å². The quantitative estimate of drug-likeness (QED) is 0.774. The first kappa shape index (κ1) is 16.3. The van der Waals surface area contributed by atoms with Crippen molar-refractivity contribution in [3.8, 4) is 0 Å². The van der Waals surface area contributed by atoms with Crippen LogP contribution in [0.3, 0.4) is 0 Å². The van der Waals surface area contributed by atoms with Crippen molar-refractivity contribution in [2.24, 2.45) is 0 Å². The molecule has 0 saturated carbocycles. The number of carbonyl (C=O) groups is 2. The molecule has 26 heavy (non-hydrogen) atoms. The second kappa shape index (κ2) is 6.63. The van der Waals surface area contributed by atoms with Gasteiger partial charge in [-0.15, -0.1) is 0 Å². The van der Waals surface area contributed by atoms with Crippen molar-refractivity contribution < 1.29 is 9.59 Å². The van der Waals surface area contributed by atoms with Gasteiger partial charge in [0, 0.05) is 31.9 Å². The lowest BCUT2D eigenvalue weighted by Crippen LogP contribution is -2.51. The largest absolute Gasteiger partial charge is 0.333 e. The first-order valence-electron chi connectivity index (χ1n) is 8.69. The molecule has 2 amide bonds. The fourth-order valence-corrected chi connectivity index (χ4v) is 3.58. The Morgan fingerprint density at radius 1 is 1.04 bits per heavy atom. The molecule has 4 rings (SSSR count). The maximum absolute atomic E-state index is 13.1. The van der Waals surface area contributed by atoms with Crippen LogP contribution in [0.25, 0.3) is 10.9 Å². The fraction of sp³-hybridized carbons (Fsp3) is 0.250. The summed E-state index contributed by atoms with van der Waals surface area (Å²) in [6.45, 7) is 3.06. The van der Waals surface area contributed by atoms with Crippen molar-refractivity contribution >= 4 is 22.7 Å². The Morgan fingerprint density at radius 2 is 1.77 bits per heavy atom. The van der Waals surface area contributed by atoms with Gasteiger partial charge in [0.1, 0.15) is 0 Å². The summed E-state index contributed by atoms with van der Waals surface area (Å²) in [6, 6.07) is 17.3. The molecule has 132 valence electrons.